The van der Waals surface area contributed by atoms with Crippen LogP contribution in [0.5, 0.6) is 5.75 Å². The van der Waals surface area contributed by atoms with Crippen molar-refractivity contribution in [2.24, 2.45) is 11.7 Å². The lowest BCUT2D eigenvalue weighted by atomic mass is 10.1. The van der Waals surface area contributed by atoms with E-state index in [0.29, 0.717) is 29.5 Å². The molecule has 0 aliphatic rings. The Hall–Kier alpha value is -1.71. The third-order valence-electron chi connectivity index (χ3n) is 2.58. The summed E-state index contributed by atoms with van der Waals surface area (Å²) >= 11 is 0. The topological polar surface area (TPSA) is 78.3 Å². The molecule has 1 atom stereocenters. The van der Waals surface area contributed by atoms with Gasteiger partial charge in [0.25, 0.3) is 5.91 Å². The van der Waals surface area contributed by atoms with Gasteiger partial charge in [0.1, 0.15) is 5.75 Å². The van der Waals surface area contributed by atoms with Gasteiger partial charge in [0.05, 0.1) is 12.2 Å². The maximum absolute atomic E-state index is 11.2. The number of amides is 1. The second-order valence-electron chi connectivity index (χ2n) is 4.32. The van der Waals surface area contributed by atoms with Gasteiger partial charge < -0.3 is 16.2 Å². The molecule has 0 aliphatic carbocycles. The van der Waals surface area contributed by atoms with Crippen molar-refractivity contribution in [3.05, 3.63) is 23.8 Å². The number of nitrogens with two attached hydrogens (primary N) is 2. The number of rotatable bonds is 6. The van der Waals surface area contributed by atoms with Crippen LogP contribution >= 0.6 is 0 Å². The SMILES string of the molecule is CCCC(C)COc1cc(N)ccc1C(N)=O. The van der Waals surface area contributed by atoms with E-state index < -0.39 is 5.91 Å². The van der Waals surface area contributed by atoms with Gasteiger partial charge in [-0.15, -0.1) is 0 Å². The normalized spacial score (nSPS) is 12.1. The predicted molar refractivity (Wildman–Crippen MR) is 68.9 cm³/mol. The Bertz CT molecular complexity index is 391. The summed E-state index contributed by atoms with van der Waals surface area (Å²) in [6, 6.07) is 4.87. The van der Waals surface area contributed by atoms with Gasteiger partial charge in [0.15, 0.2) is 0 Å². The molecule has 1 unspecified atom stereocenters. The maximum atomic E-state index is 11.2. The molecular formula is C13H20N2O2. The smallest absolute Gasteiger partial charge is 0.252 e. The second kappa shape index (κ2) is 6.13. The fraction of sp³-hybridized carbons (Fsp3) is 0.462. The van der Waals surface area contributed by atoms with Crippen LogP contribution in [-0.4, -0.2) is 12.5 Å². The predicted octanol–water partition coefficient (Wildman–Crippen LogP) is 2.18. The zero-order valence-electron chi connectivity index (χ0n) is 10.4. The number of anilines is 1. The van der Waals surface area contributed by atoms with Gasteiger partial charge in [-0.2, -0.15) is 0 Å². The molecule has 4 N–H and O–H groups in total. The van der Waals surface area contributed by atoms with Gasteiger partial charge in [0.2, 0.25) is 0 Å². The molecule has 1 rings (SSSR count). The minimum absolute atomic E-state index is 0.378. The Balaban J connectivity index is 2.75. The second-order valence-corrected chi connectivity index (χ2v) is 4.32. The van der Waals surface area contributed by atoms with Crippen molar-refractivity contribution in [1.82, 2.24) is 0 Å². The average molecular weight is 236 g/mol. The number of carbonyl (C=O) groups excluding carboxylic acids is 1. The van der Waals surface area contributed by atoms with E-state index in [-0.39, 0.29) is 0 Å². The molecule has 1 aromatic carbocycles. The molecule has 0 spiro atoms. The average Bonchev–Trinajstić information content (AvgIpc) is 2.26. The molecule has 0 saturated heterocycles. The highest BCUT2D eigenvalue weighted by Crippen LogP contribution is 2.22. The molecule has 1 amide bonds. The van der Waals surface area contributed by atoms with Crippen molar-refractivity contribution in [1.29, 1.82) is 0 Å². The number of carbonyl (C=O) groups is 1. The monoisotopic (exact) mass is 236 g/mol. The van der Waals surface area contributed by atoms with E-state index in [1.807, 2.05) is 0 Å². The summed E-state index contributed by atoms with van der Waals surface area (Å²) in [7, 11) is 0. The van der Waals surface area contributed by atoms with Gasteiger partial charge in [-0.3, -0.25) is 4.79 Å². The largest absolute Gasteiger partial charge is 0.492 e. The minimum atomic E-state index is -0.497. The summed E-state index contributed by atoms with van der Waals surface area (Å²) in [4.78, 5) is 11.2. The number of benzene rings is 1. The highest BCUT2D eigenvalue weighted by Gasteiger charge is 2.11. The number of hydrogen-bond donors (Lipinski definition) is 2. The first-order valence-electron chi connectivity index (χ1n) is 5.86. The first-order valence-corrected chi connectivity index (χ1v) is 5.86. The van der Waals surface area contributed by atoms with Crippen LogP contribution in [0.15, 0.2) is 18.2 Å². The molecule has 4 heteroatoms. The van der Waals surface area contributed by atoms with Gasteiger partial charge in [-0.25, -0.2) is 0 Å². The molecule has 0 saturated carbocycles. The molecule has 0 radical (unpaired) electrons. The lowest BCUT2D eigenvalue weighted by molar-refractivity contribution is 0.0995. The summed E-state index contributed by atoms with van der Waals surface area (Å²) in [5, 5.41) is 0. The fourth-order valence-corrected chi connectivity index (χ4v) is 1.67. The highest BCUT2D eigenvalue weighted by atomic mass is 16.5. The van der Waals surface area contributed by atoms with E-state index in [1.165, 1.54) is 0 Å². The first-order chi connectivity index (χ1) is 8.04. The molecule has 0 fully saturated rings. The van der Waals surface area contributed by atoms with Crippen molar-refractivity contribution >= 4 is 11.6 Å². The van der Waals surface area contributed by atoms with E-state index in [2.05, 4.69) is 13.8 Å². The number of nitrogen functional groups attached to an aromatic ring is 1. The zero-order chi connectivity index (χ0) is 12.8. The summed E-state index contributed by atoms with van der Waals surface area (Å²) in [5.41, 5.74) is 11.9. The van der Waals surface area contributed by atoms with Crippen LogP contribution in [0.4, 0.5) is 5.69 Å². The Labute approximate surface area is 102 Å². The summed E-state index contributed by atoms with van der Waals surface area (Å²) in [5.74, 6) is 0.422. The molecule has 94 valence electrons. The maximum Gasteiger partial charge on any atom is 0.252 e. The quantitative estimate of drug-likeness (QED) is 0.743. The van der Waals surface area contributed by atoms with Crippen LogP contribution in [0, 0.1) is 5.92 Å². The third kappa shape index (κ3) is 3.98. The molecular weight excluding hydrogens is 216 g/mol. The number of primary amides is 1. The first kappa shape index (κ1) is 13.4. The highest BCUT2D eigenvalue weighted by molar-refractivity contribution is 5.96. The lowest BCUT2D eigenvalue weighted by Gasteiger charge is -2.14. The van der Waals surface area contributed by atoms with Crippen molar-refractivity contribution in [3.63, 3.8) is 0 Å². The Morgan fingerprint density at radius 3 is 2.76 bits per heavy atom. The van der Waals surface area contributed by atoms with E-state index >= 15 is 0 Å². The van der Waals surface area contributed by atoms with E-state index in [4.69, 9.17) is 16.2 Å². The Morgan fingerprint density at radius 2 is 2.18 bits per heavy atom. The van der Waals surface area contributed by atoms with E-state index in [1.54, 1.807) is 18.2 Å². The molecule has 0 bridgehead atoms. The molecule has 0 aromatic heterocycles. The van der Waals surface area contributed by atoms with E-state index in [9.17, 15) is 4.79 Å². The zero-order valence-corrected chi connectivity index (χ0v) is 10.4. The third-order valence-corrected chi connectivity index (χ3v) is 2.58. The summed E-state index contributed by atoms with van der Waals surface area (Å²) in [6.45, 7) is 4.81. The van der Waals surface area contributed by atoms with Gasteiger partial charge in [-0.1, -0.05) is 20.3 Å². The summed E-state index contributed by atoms with van der Waals surface area (Å²) in [6.07, 6.45) is 2.21. The van der Waals surface area contributed by atoms with Crippen LogP contribution in [0.2, 0.25) is 0 Å². The van der Waals surface area contributed by atoms with Gasteiger partial charge in [-0.05, 0) is 24.5 Å². The van der Waals surface area contributed by atoms with Crippen molar-refractivity contribution in [3.8, 4) is 5.75 Å². The standard InChI is InChI=1S/C13H20N2O2/c1-3-4-9(2)8-17-12-7-10(14)5-6-11(12)13(15)16/h5-7,9H,3-4,8,14H2,1-2H3,(H2,15,16). The Kier molecular flexibility index (Phi) is 4.82. The lowest BCUT2D eigenvalue weighted by Crippen LogP contribution is -2.15. The van der Waals surface area contributed by atoms with Gasteiger partial charge >= 0.3 is 0 Å². The van der Waals surface area contributed by atoms with Crippen LogP contribution in [0.1, 0.15) is 37.0 Å². The van der Waals surface area contributed by atoms with Crippen LogP contribution in [0.3, 0.4) is 0 Å². The molecule has 1 aromatic rings. The van der Waals surface area contributed by atoms with E-state index in [0.717, 1.165) is 12.8 Å². The summed E-state index contributed by atoms with van der Waals surface area (Å²) < 4.78 is 5.61. The number of ether oxygens (including phenoxy) is 1. The van der Waals surface area contributed by atoms with Crippen LogP contribution in [-0.2, 0) is 0 Å². The molecule has 0 heterocycles. The minimum Gasteiger partial charge on any atom is -0.492 e. The molecule has 4 nitrogen and oxygen atoms in total. The Morgan fingerprint density at radius 1 is 1.47 bits per heavy atom. The van der Waals surface area contributed by atoms with Crippen molar-refractivity contribution in [2.45, 2.75) is 26.7 Å². The van der Waals surface area contributed by atoms with Crippen molar-refractivity contribution in [2.75, 3.05) is 12.3 Å². The van der Waals surface area contributed by atoms with Gasteiger partial charge in [0, 0.05) is 11.8 Å². The molecule has 17 heavy (non-hydrogen) atoms. The van der Waals surface area contributed by atoms with Crippen molar-refractivity contribution < 1.29 is 9.53 Å². The van der Waals surface area contributed by atoms with Crippen LogP contribution < -0.4 is 16.2 Å². The van der Waals surface area contributed by atoms with Crippen LogP contribution in [0.25, 0.3) is 0 Å². The molecule has 0 aliphatic heterocycles. The number of hydrogen-bond acceptors (Lipinski definition) is 3. The fourth-order valence-electron chi connectivity index (χ4n) is 1.67.